The Morgan fingerprint density at radius 1 is 1.42 bits per heavy atom. The summed E-state index contributed by atoms with van der Waals surface area (Å²) in [7, 11) is 1.90. The lowest BCUT2D eigenvalue weighted by Crippen LogP contribution is -2.34. The highest BCUT2D eigenvalue weighted by Gasteiger charge is 2.25. The summed E-state index contributed by atoms with van der Waals surface area (Å²) in [6.07, 6.45) is 2.15. The minimum atomic E-state index is -0.486. The van der Waals surface area contributed by atoms with Gasteiger partial charge >= 0.3 is 0 Å². The van der Waals surface area contributed by atoms with Gasteiger partial charge in [-0.1, -0.05) is 12.1 Å². The molecule has 1 saturated heterocycles. The van der Waals surface area contributed by atoms with Crippen molar-refractivity contribution < 1.29 is 14.6 Å². The minimum Gasteiger partial charge on any atom is -0.484 e. The number of primary amides is 1. The predicted molar refractivity (Wildman–Crippen MR) is 95.3 cm³/mol. The molecule has 3 N–H and O–H groups in total. The van der Waals surface area contributed by atoms with E-state index in [0.717, 1.165) is 43.9 Å². The van der Waals surface area contributed by atoms with Gasteiger partial charge in [0.15, 0.2) is 12.4 Å². The number of likely N-dealkylation sites (tertiary alicyclic amines) is 1. The zero-order chi connectivity index (χ0) is 18.5. The Labute approximate surface area is 152 Å². The molecule has 0 aliphatic carbocycles. The molecule has 1 aliphatic rings. The van der Waals surface area contributed by atoms with Crippen LogP contribution in [0.1, 0.15) is 36.0 Å². The third-order valence-electron chi connectivity index (χ3n) is 4.70. The van der Waals surface area contributed by atoms with Gasteiger partial charge in [-0.2, -0.15) is 0 Å². The molecule has 1 fully saturated rings. The van der Waals surface area contributed by atoms with E-state index in [1.54, 1.807) is 0 Å². The maximum absolute atomic E-state index is 10.9. The van der Waals surface area contributed by atoms with Crippen LogP contribution in [0, 0.1) is 0 Å². The number of rotatable bonds is 7. The molecule has 0 saturated carbocycles. The van der Waals surface area contributed by atoms with Crippen LogP contribution in [0.5, 0.6) is 5.75 Å². The molecule has 1 amide bonds. The van der Waals surface area contributed by atoms with Gasteiger partial charge in [-0.15, -0.1) is 10.2 Å². The van der Waals surface area contributed by atoms with Crippen LogP contribution in [0.3, 0.4) is 0 Å². The van der Waals surface area contributed by atoms with E-state index >= 15 is 0 Å². The van der Waals surface area contributed by atoms with Crippen LogP contribution >= 0.6 is 0 Å². The van der Waals surface area contributed by atoms with Gasteiger partial charge in [-0.05, 0) is 37.1 Å². The Kier molecular flexibility index (Phi) is 5.85. The first-order valence-corrected chi connectivity index (χ1v) is 8.78. The molecule has 2 heterocycles. The molecular formula is C18H25N5O3. The van der Waals surface area contributed by atoms with E-state index in [0.29, 0.717) is 17.5 Å². The number of carbonyl (C=O) groups excluding carboxylic acids is 1. The number of nitrogens with zero attached hydrogens (tertiary/aromatic N) is 4. The zero-order valence-corrected chi connectivity index (χ0v) is 15.0. The summed E-state index contributed by atoms with van der Waals surface area (Å²) in [5.41, 5.74) is 6.25. The number of aliphatic hydroxyl groups excluding tert-OH is 1. The Bertz CT molecular complexity index is 761. The molecule has 1 unspecified atom stereocenters. The van der Waals surface area contributed by atoms with Gasteiger partial charge < -0.3 is 20.1 Å². The Balaban J connectivity index is 1.64. The van der Waals surface area contributed by atoms with Crippen molar-refractivity contribution in [3.8, 4) is 5.75 Å². The molecule has 8 nitrogen and oxygen atoms in total. The van der Waals surface area contributed by atoms with Gasteiger partial charge in [0.1, 0.15) is 18.2 Å². The molecular weight excluding hydrogens is 334 g/mol. The van der Waals surface area contributed by atoms with E-state index < -0.39 is 5.91 Å². The minimum absolute atomic E-state index is 0.0992. The third kappa shape index (κ3) is 4.39. The van der Waals surface area contributed by atoms with Crippen molar-refractivity contribution in [2.75, 3.05) is 19.7 Å². The Morgan fingerprint density at radius 3 is 3.00 bits per heavy atom. The summed E-state index contributed by atoms with van der Waals surface area (Å²) in [6, 6.07) is 7.73. The smallest absolute Gasteiger partial charge is 0.255 e. The van der Waals surface area contributed by atoms with Crippen LogP contribution in [0.25, 0.3) is 0 Å². The topological polar surface area (TPSA) is 106 Å². The van der Waals surface area contributed by atoms with Gasteiger partial charge in [0.05, 0.1) is 0 Å². The summed E-state index contributed by atoms with van der Waals surface area (Å²) in [5, 5.41) is 17.6. The van der Waals surface area contributed by atoms with E-state index in [1.165, 1.54) is 0 Å². The Hall–Kier alpha value is -2.45. The number of nitrogens with two attached hydrogens (primary N) is 1. The number of ether oxygens (including phenoxy) is 1. The molecule has 140 valence electrons. The second-order valence-corrected chi connectivity index (χ2v) is 6.67. The normalized spacial score (nSPS) is 18.0. The van der Waals surface area contributed by atoms with E-state index in [2.05, 4.69) is 15.1 Å². The largest absolute Gasteiger partial charge is 0.484 e. The first-order valence-electron chi connectivity index (χ1n) is 8.78. The van der Waals surface area contributed by atoms with Gasteiger partial charge in [0, 0.05) is 26.1 Å². The van der Waals surface area contributed by atoms with Crippen LogP contribution in [-0.2, 0) is 25.0 Å². The van der Waals surface area contributed by atoms with E-state index in [1.807, 2.05) is 35.9 Å². The van der Waals surface area contributed by atoms with Crippen molar-refractivity contribution in [1.82, 2.24) is 19.7 Å². The predicted octanol–water partition coefficient (Wildman–Crippen LogP) is 0.551. The molecule has 2 aromatic rings. The molecule has 1 aliphatic heterocycles. The molecule has 1 atom stereocenters. The second-order valence-electron chi connectivity index (χ2n) is 6.67. The van der Waals surface area contributed by atoms with E-state index in [9.17, 15) is 9.90 Å². The highest BCUT2D eigenvalue weighted by atomic mass is 16.5. The molecule has 3 rings (SSSR count). The van der Waals surface area contributed by atoms with Gasteiger partial charge in [-0.3, -0.25) is 9.69 Å². The van der Waals surface area contributed by atoms with Crippen molar-refractivity contribution in [3.05, 3.63) is 41.5 Å². The monoisotopic (exact) mass is 359 g/mol. The molecule has 1 aromatic carbocycles. The van der Waals surface area contributed by atoms with Gasteiger partial charge in [0.2, 0.25) is 0 Å². The molecule has 0 radical (unpaired) electrons. The molecule has 8 heteroatoms. The lowest BCUT2D eigenvalue weighted by atomic mass is 9.96. The van der Waals surface area contributed by atoms with Crippen LogP contribution in [-0.4, -0.2) is 50.4 Å². The van der Waals surface area contributed by atoms with Crippen LogP contribution < -0.4 is 10.5 Å². The number of benzene rings is 1. The maximum atomic E-state index is 10.9. The number of aromatic nitrogens is 3. The molecule has 1 aromatic heterocycles. The first-order chi connectivity index (χ1) is 12.6. The summed E-state index contributed by atoms with van der Waals surface area (Å²) in [6.45, 7) is 2.50. The number of aliphatic hydroxyl groups is 1. The van der Waals surface area contributed by atoms with Crippen molar-refractivity contribution in [1.29, 1.82) is 0 Å². The van der Waals surface area contributed by atoms with Crippen molar-refractivity contribution >= 4 is 5.91 Å². The zero-order valence-electron chi connectivity index (χ0n) is 15.0. The fourth-order valence-corrected chi connectivity index (χ4v) is 3.42. The lowest BCUT2D eigenvalue weighted by Gasteiger charge is -2.32. The highest BCUT2D eigenvalue weighted by Crippen LogP contribution is 2.27. The molecule has 26 heavy (non-hydrogen) atoms. The Morgan fingerprint density at radius 2 is 2.27 bits per heavy atom. The summed E-state index contributed by atoms with van der Waals surface area (Å²) in [4.78, 5) is 13.2. The molecule has 0 spiro atoms. The third-order valence-corrected chi connectivity index (χ3v) is 4.70. The number of hydrogen-bond acceptors (Lipinski definition) is 6. The highest BCUT2D eigenvalue weighted by molar-refractivity contribution is 5.75. The van der Waals surface area contributed by atoms with Crippen molar-refractivity contribution in [2.24, 2.45) is 12.8 Å². The quantitative estimate of drug-likeness (QED) is 0.748. The van der Waals surface area contributed by atoms with Crippen LogP contribution in [0.2, 0.25) is 0 Å². The van der Waals surface area contributed by atoms with Gasteiger partial charge in [0.25, 0.3) is 5.91 Å². The van der Waals surface area contributed by atoms with Crippen molar-refractivity contribution in [3.63, 3.8) is 0 Å². The van der Waals surface area contributed by atoms with Gasteiger partial charge in [-0.25, -0.2) is 0 Å². The number of piperidine rings is 1. The maximum Gasteiger partial charge on any atom is 0.255 e. The molecule has 0 bridgehead atoms. The fourth-order valence-electron chi connectivity index (χ4n) is 3.42. The van der Waals surface area contributed by atoms with E-state index in [4.69, 9.17) is 10.5 Å². The fraction of sp³-hybridized carbons (Fsp3) is 0.500. The van der Waals surface area contributed by atoms with Crippen LogP contribution in [0.15, 0.2) is 24.3 Å². The summed E-state index contributed by atoms with van der Waals surface area (Å²) < 4.78 is 7.28. The number of carbonyl (C=O) groups is 1. The van der Waals surface area contributed by atoms with Crippen molar-refractivity contribution in [2.45, 2.75) is 31.9 Å². The average Bonchev–Trinajstić information content (AvgIpc) is 3.01. The average molecular weight is 359 g/mol. The first kappa shape index (κ1) is 18.3. The number of amides is 1. The summed E-state index contributed by atoms with van der Waals surface area (Å²) >= 11 is 0. The van der Waals surface area contributed by atoms with Crippen LogP contribution in [0.4, 0.5) is 0 Å². The summed E-state index contributed by atoms with van der Waals surface area (Å²) in [5.74, 6) is 1.99. The SMILES string of the molecule is Cn1c(CO)nnc1C1CCCN(Cc2cccc(OCC(N)=O)c2)C1. The lowest BCUT2D eigenvalue weighted by molar-refractivity contribution is -0.119. The second kappa shape index (κ2) is 8.29. The standard InChI is InChI=1S/C18H25N5O3/c1-22-17(11-24)20-21-18(22)14-5-3-7-23(10-14)9-13-4-2-6-15(8-13)26-12-16(19)25/h2,4,6,8,14,24H,3,5,7,9-12H2,1H3,(H2,19,25). The van der Waals surface area contributed by atoms with E-state index in [-0.39, 0.29) is 13.2 Å². The number of hydrogen-bond donors (Lipinski definition) is 2.